The van der Waals surface area contributed by atoms with Crippen molar-refractivity contribution in [3.63, 3.8) is 0 Å². The predicted molar refractivity (Wildman–Crippen MR) is 62.9 cm³/mol. The molecule has 0 aliphatic rings. The first-order valence-electron chi connectivity index (χ1n) is 5.48. The van der Waals surface area contributed by atoms with Gasteiger partial charge in [-0.3, -0.25) is 4.79 Å². The number of nitrogens with one attached hydrogen (secondary N) is 2. The van der Waals surface area contributed by atoms with Crippen LogP contribution in [0, 0.1) is 6.92 Å². The highest BCUT2D eigenvalue weighted by Gasteiger charge is 2.23. The number of rotatable bonds is 5. The van der Waals surface area contributed by atoms with E-state index in [0.29, 0.717) is 5.76 Å². The lowest BCUT2D eigenvalue weighted by molar-refractivity contribution is -0.138. The van der Waals surface area contributed by atoms with E-state index >= 15 is 0 Å². The first kappa shape index (κ1) is 14.0. The molecule has 0 bridgehead atoms. The zero-order chi connectivity index (χ0) is 13.8. The maximum atomic E-state index is 11.5. The molecule has 0 atom stereocenters. The van der Waals surface area contributed by atoms with Crippen molar-refractivity contribution in [1.29, 1.82) is 0 Å². The molecule has 0 saturated carbocycles. The Morgan fingerprint density at radius 2 is 2.17 bits per heavy atom. The Morgan fingerprint density at radius 1 is 1.50 bits per heavy atom. The minimum atomic E-state index is -0.967. The summed E-state index contributed by atoms with van der Waals surface area (Å²) in [7, 11) is 0. The van der Waals surface area contributed by atoms with E-state index in [1.54, 1.807) is 26.8 Å². The van der Waals surface area contributed by atoms with Crippen LogP contribution in [0.15, 0.2) is 10.6 Å². The molecule has 18 heavy (non-hydrogen) atoms. The number of hydrogen-bond acceptors (Lipinski definition) is 4. The van der Waals surface area contributed by atoms with Crippen molar-refractivity contribution in [3.8, 4) is 0 Å². The van der Waals surface area contributed by atoms with Crippen molar-refractivity contribution < 1.29 is 19.2 Å². The zero-order valence-electron chi connectivity index (χ0n) is 10.6. The molecule has 0 radical (unpaired) electrons. The molecule has 1 heterocycles. The van der Waals surface area contributed by atoms with Gasteiger partial charge in [0.2, 0.25) is 0 Å². The number of hydrogen-bond donors (Lipinski definition) is 3. The number of aromatic nitrogens is 1. The van der Waals surface area contributed by atoms with Gasteiger partial charge < -0.3 is 20.3 Å². The molecule has 0 saturated heterocycles. The fraction of sp³-hybridized carbons (Fsp3) is 0.545. The van der Waals surface area contributed by atoms with Gasteiger partial charge in [0.15, 0.2) is 5.76 Å². The number of carbonyl (C=O) groups excluding carboxylic acids is 1. The highest BCUT2D eigenvalue weighted by atomic mass is 16.5. The lowest BCUT2D eigenvalue weighted by Gasteiger charge is -2.24. The third kappa shape index (κ3) is 4.86. The van der Waals surface area contributed by atoms with E-state index in [-0.39, 0.29) is 13.0 Å². The van der Waals surface area contributed by atoms with Gasteiger partial charge in [-0.05, 0) is 20.8 Å². The van der Waals surface area contributed by atoms with Crippen LogP contribution in [0.3, 0.4) is 0 Å². The minimum Gasteiger partial charge on any atom is -0.481 e. The van der Waals surface area contributed by atoms with Crippen LogP contribution in [-0.4, -0.2) is 27.8 Å². The van der Waals surface area contributed by atoms with Crippen molar-refractivity contribution in [3.05, 3.63) is 17.5 Å². The summed E-state index contributed by atoms with van der Waals surface area (Å²) in [6.07, 6.45) is -0.151. The summed E-state index contributed by atoms with van der Waals surface area (Å²) in [5.74, 6) is -0.426. The van der Waals surface area contributed by atoms with Gasteiger partial charge in [-0.15, -0.1) is 0 Å². The smallest absolute Gasteiger partial charge is 0.315 e. The summed E-state index contributed by atoms with van der Waals surface area (Å²) in [4.78, 5) is 22.1. The molecule has 7 nitrogen and oxygen atoms in total. The molecule has 2 amide bonds. The number of amides is 2. The Hall–Kier alpha value is -2.05. The summed E-state index contributed by atoms with van der Waals surface area (Å²) in [5, 5.41) is 17.5. The highest BCUT2D eigenvalue weighted by Crippen LogP contribution is 2.07. The summed E-state index contributed by atoms with van der Waals surface area (Å²) in [5.41, 5.74) is -0.0776. The molecule has 0 aliphatic carbocycles. The lowest BCUT2D eigenvalue weighted by atomic mass is 10.0. The third-order valence-electron chi connectivity index (χ3n) is 2.15. The molecule has 100 valence electrons. The standard InChI is InChI=1S/C11H17N3O4/c1-7-4-8(18-14-7)6-12-10(17)13-11(2,3)5-9(15)16/h4H,5-6H2,1-3H3,(H,15,16)(H2,12,13,17). The first-order chi connectivity index (χ1) is 8.28. The molecule has 1 rings (SSSR count). The highest BCUT2D eigenvalue weighted by molar-refractivity contribution is 5.76. The van der Waals surface area contributed by atoms with Gasteiger partial charge in [-0.25, -0.2) is 4.79 Å². The van der Waals surface area contributed by atoms with E-state index < -0.39 is 17.5 Å². The van der Waals surface area contributed by atoms with Crippen molar-refractivity contribution in [2.75, 3.05) is 0 Å². The second-order valence-corrected chi connectivity index (χ2v) is 4.70. The maximum Gasteiger partial charge on any atom is 0.315 e. The number of urea groups is 1. The number of nitrogens with zero attached hydrogens (tertiary/aromatic N) is 1. The average molecular weight is 255 g/mol. The second kappa shape index (κ2) is 5.52. The SMILES string of the molecule is Cc1cc(CNC(=O)NC(C)(C)CC(=O)O)on1. The summed E-state index contributed by atoms with van der Waals surface area (Å²) in [6, 6.07) is 1.26. The van der Waals surface area contributed by atoms with E-state index in [9.17, 15) is 9.59 Å². The van der Waals surface area contributed by atoms with E-state index in [1.807, 2.05) is 0 Å². The number of carboxylic acids is 1. The van der Waals surface area contributed by atoms with Crippen molar-refractivity contribution in [2.24, 2.45) is 0 Å². The van der Waals surface area contributed by atoms with E-state index in [1.165, 1.54) is 0 Å². The molecular formula is C11H17N3O4. The molecule has 0 aromatic carbocycles. The van der Waals surface area contributed by atoms with Gasteiger partial charge in [0.05, 0.1) is 18.7 Å². The van der Waals surface area contributed by atoms with Crippen LogP contribution in [-0.2, 0) is 11.3 Å². The van der Waals surface area contributed by atoms with Gasteiger partial charge in [-0.1, -0.05) is 5.16 Å². The average Bonchev–Trinajstić information content (AvgIpc) is 2.58. The molecule has 0 spiro atoms. The quantitative estimate of drug-likeness (QED) is 0.729. The molecular weight excluding hydrogens is 238 g/mol. The van der Waals surface area contributed by atoms with Crippen molar-refractivity contribution in [1.82, 2.24) is 15.8 Å². The van der Waals surface area contributed by atoms with Crippen LogP contribution in [0.4, 0.5) is 4.79 Å². The topological polar surface area (TPSA) is 104 Å². The fourth-order valence-electron chi connectivity index (χ4n) is 1.44. The Bertz CT molecular complexity index is 439. The Balaban J connectivity index is 2.39. The Morgan fingerprint density at radius 3 is 2.67 bits per heavy atom. The first-order valence-corrected chi connectivity index (χ1v) is 5.48. The van der Waals surface area contributed by atoms with Gasteiger partial charge in [0.1, 0.15) is 0 Å². The van der Waals surface area contributed by atoms with Crippen LogP contribution >= 0.6 is 0 Å². The van der Waals surface area contributed by atoms with E-state index in [0.717, 1.165) is 5.69 Å². The van der Waals surface area contributed by atoms with E-state index in [4.69, 9.17) is 9.63 Å². The van der Waals surface area contributed by atoms with Crippen LogP contribution in [0.1, 0.15) is 31.7 Å². The number of carbonyl (C=O) groups is 2. The minimum absolute atomic E-state index is 0.151. The van der Waals surface area contributed by atoms with Crippen LogP contribution in [0.2, 0.25) is 0 Å². The van der Waals surface area contributed by atoms with E-state index in [2.05, 4.69) is 15.8 Å². The van der Waals surface area contributed by atoms with Crippen LogP contribution < -0.4 is 10.6 Å². The molecule has 0 aliphatic heterocycles. The summed E-state index contributed by atoms with van der Waals surface area (Å²) in [6.45, 7) is 5.26. The summed E-state index contributed by atoms with van der Waals surface area (Å²) >= 11 is 0. The summed E-state index contributed by atoms with van der Waals surface area (Å²) < 4.78 is 4.92. The molecule has 3 N–H and O–H groups in total. The number of aryl methyl sites for hydroxylation is 1. The van der Waals surface area contributed by atoms with Gasteiger partial charge in [-0.2, -0.15) is 0 Å². The zero-order valence-corrected chi connectivity index (χ0v) is 10.6. The third-order valence-corrected chi connectivity index (χ3v) is 2.15. The van der Waals surface area contributed by atoms with Crippen LogP contribution in [0.5, 0.6) is 0 Å². The normalized spacial score (nSPS) is 11.1. The molecule has 1 aromatic rings. The van der Waals surface area contributed by atoms with Crippen molar-refractivity contribution in [2.45, 2.75) is 39.3 Å². The van der Waals surface area contributed by atoms with Crippen LogP contribution in [0.25, 0.3) is 0 Å². The molecule has 1 aromatic heterocycles. The Kier molecular flexibility index (Phi) is 4.30. The predicted octanol–water partition coefficient (Wildman–Crippen LogP) is 1.04. The monoisotopic (exact) mass is 255 g/mol. The fourth-order valence-corrected chi connectivity index (χ4v) is 1.44. The molecule has 0 fully saturated rings. The van der Waals surface area contributed by atoms with Gasteiger partial charge >= 0.3 is 12.0 Å². The second-order valence-electron chi connectivity index (χ2n) is 4.70. The molecule has 7 heteroatoms. The van der Waals surface area contributed by atoms with Gasteiger partial charge in [0.25, 0.3) is 0 Å². The maximum absolute atomic E-state index is 11.5. The number of aliphatic carboxylic acids is 1. The lowest BCUT2D eigenvalue weighted by Crippen LogP contribution is -2.49. The largest absolute Gasteiger partial charge is 0.481 e. The Labute approximate surface area is 105 Å². The number of carboxylic acid groups (broad SMARTS) is 1. The molecule has 0 unspecified atom stereocenters. The van der Waals surface area contributed by atoms with Gasteiger partial charge in [0, 0.05) is 11.6 Å². The van der Waals surface area contributed by atoms with Crippen molar-refractivity contribution >= 4 is 12.0 Å².